The van der Waals surface area contributed by atoms with Crippen LogP contribution in [0.2, 0.25) is 4.47 Å². The highest BCUT2D eigenvalue weighted by Crippen LogP contribution is 2.40. The predicted octanol–water partition coefficient (Wildman–Crippen LogP) is 4.59. The van der Waals surface area contributed by atoms with Crippen molar-refractivity contribution in [2.45, 2.75) is 31.1 Å². The van der Waals surface area contributed by atoms with Gasteiger partial charge in [0.2, 0.25) is 5.91 Å². The number of carbonyl (C=O) groups excluding carboxylic acids is 2. The largest absolute Gasteiger partial charge is 0.497 e. The Kier molecular flexibility index (Phi) is 6.86. The normalized spacial score (nSPS) is 14.2. The first-order chi connectivity index (χ1) is 16.6. The lowest BCUT2D eigenvalue weighted by Gasteiger charge is -2.17. The molecule has 0 unspecified atom stereocenters. The summed E-state index contributed by atoms with van der Waals surface area (Å²) in [6.45, 7) is 0.0550. The maximum absolute atomic E-state index is 13.4. The Morgan fingerprint density at radius 3 is 2.46 bits per heavy atom. The molecule has 2 amide bonds. The zero-order valence-corrected chi connectivity index (χ0v) is 19.7. The maximum atomic E-state index is 13.4. The monoisotopic (exact) mass is 526 g/mol. The summed E-state index contributed by atoms with van der Waals surface area (Å²) in [7, 11) is 1.27. The van der Waals surface area contributed by atoms with Crippen LogP contribution in [0, 0.1) is 0 Å². The van der Waals surface area contributed by atoms with Gasteiger partial charge in [-0.1, -0.05) is 22.9 Å². The average molecular weight is 527 g/mol. The Morgan fingerprint density at radius 2 is 1.89 bits per heavy atom. The van der Waals surface area contributed by atoms with E-state index in [0.717, 1.165) is 17.4 Å². The van der Waals surface area contributed by atoms with Gasteiger partial charge in [0, 0.05) is 0 Å². The van der Waals surface area contributed by atoms with Gasteiger partial charge in [-0.3, -0.25) is 14.6 Å². The van der Waals surface area contributed by atoms with E-state index in [1.54, 1.807) is 0 Å². The van der Waals surface area contributed by atoms with Crippen LogP contribution < -0.4 is 20.1 Å². The van der Waals surface area contributed by atoms with Gasteiger partial charge in [0.15, 0.2) is 4.47 Å². The van der Waals surface area contributed by atoms with Crippen LogP contribution in [-0.2, 0) is 17.5 Å². The third kappa shape index (κ3) is 5.82. The molecular formula is C22H18ClF3N4O4S. The van der Waals surface area contributed by atoms with Crippen molar-refractivity contribution in [3.63, 3.8) is 0 Å². The number of hydrogen-bond donors (Lipinski definition) is 2. The lowest BCUT2D eigenvalue weighted by molar-refractivity contribution is -0.138. The van der Waals surface area contributed by atoms with Crippen LogP contribution in [0.3, 0.4) is 0 Å². The molecular weight excluding hydrogens is 509 g/mol. The first kappa shape index (κ1) is 24.7. The van der Waals surface area contributed by atoms with Crippen LogP contribution in [0.15, 0.2) is 42.7 Å². The van der Waals surface area contributed by atoms with Crippen LogP contribution in [0.4, 0.5) is 13.2 Å². The van der Waals surface area contributed by atoms with E-state index in [1.165, 1.54) is 43.8 Å². The van der Waals surface area contributed by atoms with Crippen LogP contribution in [0.1, 0.15) is 33.8 Å². The summed E-state index contributed by atoms with van der Waals surface area (Å²) in [6, 6.07) is 6.34. The molecule has 1 aliphatic carbocycles. The second-order valence-electron chi connectivity index (χ2n) is 7.64. The van der Waals surface area contributed by atoms with Crippen molar-refractivity contribution in [2.75, 3.05) is 7.11 Å². The van der Waals surface area contributed by atoms with Crippen molar-refractivity contribution in [3.05, 3.63) is 63.3 Å². The summed E-state index contributed by atoms with van der Waals surface area (Å²) in [5.41, 5.74) is -1.53. The zero-order chi connectivity index (χ0) is 25.2. The Balaban J connectivity index is 1.35. The summed E-state index contributed by atoms with van der Waals surface area (Å²) in [5.74, 6) is -1.05. The van der Waals surface area contributed by atoms with Gasteiger partial charge in [0.1, 0.15) is 33.2 Å². The van der Waals surface area contributed by atoms with Crippen LogP contribution in [0.5, 0.6) is 17.2 Å². The number of hydrogen-bond acceptors (Lipinski definition) is 7. The van der Waals surface area contributed by atoms with Gasteiger partial charge in [-0.25, -0.2) is 4.98 Å². The fraction of sp³-hybridized carbons (Fsp3) is 0.273. The number of nitrogens with one attached hydrogen (secondary N) is 2. The number of alkyl halides is 3. The number of nitrogens with zero attached hydrogens (tertiary/aromatic N) is 2. The van der Waals surface area contributed by atoms with Crippen LogP contribution in [0.25, 0.3) is 0 Å². The zero-order valence-electron chi connectivity index (χ0n) is 18.1. The van der Waals surface area contributed by atoms with E-state index < -0.39 is 28.9 Å². The smallest absolute Gasteiger partial charge is 0.420 e. The fourth-order valence-electron chi connectivity index (χ4n) is 3.16. The van der Waals surface area contributed by atoms with Crippen molar-refractivity contribution in [1.29, 1.82) is 0 Å². The highest BCUT2D eigenvalue weighted by Gasteiger charge is 2.51. The van der Waals surface area contributed by atoms with Crippen molar-refractivity contribution in [3.8, 4) is 17.2 Å². The lowest BCUT2D eigenvalue weighted by atomic mass is 10.2. The minimum absolute atomic E-state index is 0.0503. The summed E-state index contributed by atoms with van der Waals surface area (Å²) in [4.78, 5) is 33.2. The molecule has 0 bridgehead atoms. The van der Waals surface area contributed by atoms with E-state index in [-0.39, 0.29) is 28.4 Å². The molecule has 4 rings (SSSR count). The van der Waals surface area contributed by atoms with E-state index in [0.29, 0.717) is 23.4 Å². The summed E-state index contributed by atoms with van der Waals surface area (Å²) < 4.78 is 50.5. The Morgan fingerprint density at radius 1 is 1.14 bits per heavy atom. The molecule has 2 heterocycles. The fourth-order valence-corrected chi connectivity index (χ4v) is 3.99. The Bertz CT molecular complexity index is 1250. The molecule has 2 N–H and O–H groups in total. The predicted molar refractivity (Wildman–Crippen MR) is 121 cm³/mol. The molecule has 1 saturated carbocycles. The second-order valence-corrected chi connectivity index (χ2v) is 9.26. The first-order valence-corrected chi connectivity index (χ1v) is 11.4. The number of methoxy groups -OCH3 is 1. The number of amides is 2. The van der Waals surface area contributed by atoms with Gasteiger partial charge >= 0.3 is 6.18 Å². The van der Waals surface area contributed by atoms with Crippen molar-refractivity contribution < 1.29 is 32.2 Å². The molecule has 1 aromatic carbocycles. The number of pyridine rings is 1. The number of carbonyl (C=O) groups is 2. The summed E-state index contributed by atoms with van der Waals surface area (Å²) in [5, 5.41) is 5.43. The SMILES string of the molecule is COc1ccc(Oc2ccc(CNC(=O)C3(NC(=O)c4cnc(Cl)s4)CC3)nc2)c(C(F)(F)F)c1. The molecule has 0 aliphatic heterocycles. The van der Waals surface area contributed by atoms with Gasteiger partial charge < -0.3 is 20.1 Å². The number of benzene rings is 1. The quantitative estimate of drug-likeness (QED) is 0.445. The molecule has 2 aromatic heterocycles. The number of thiazole rings is 1. The minimum Gasteiger partial charge on any atom is -0.497 e. The summed E-state index contributed by atoms with van der Waals surface area (Å²) in [6.07, 6.45) is -1.06. The molecule has 0 spiro atoms. The van der Waals surface area contributed by atoms with E-state index in [1.807, 2.05) is 0 Å². The van der Waals surface area contributed by atoms with E-state index in [9.17, 15) is 22.8 Å². The molecule has 13 heteroatoms. The van der Waals surface area contributed by atoms with Crippen molar-refractivity contribution in [2.24, 2.45) is 0 Å². The minimum atomic E-state index is -4.64. The Hall–Kier alpha value is -3.38. The molecule has 35 heavy (non-hydrogen) atoms. The molecule has 3 aromatic rings. The number of aromatic nitrogens is 2. The standard InChI is InChI=1S/C22H18ClF3N4O4S/c1-33-13-4-5-16(15(8-13)22(24,25)26)34-14-3-2-12(27-10-14)9-28-19(32)21(6-7-21)30-18(31)17-11-29-20(23)35-17/h2-5,8,10-11H,6-7,9H2,1H3,(H,28,32)(H,30,31). The molecule has 1 aliphatic rings. The number of halogens is 4. The molecule has 0 saturated heterocycles. The van der Waals surface area contributed by atoms with Gasteiger partial charge in [-0.05, 0) is 43.2 Å². The van der Waals surface area contributed by atoms with Crippen LogP contribution >= 0.6 is 22.9 Å². The molecule has 1 fully saturated rings. The van der Waals surface area contributed by atoms with Gasteiger partial charge in [-0.15, -0.1) is 0 Å². The average Bonchev–Trinajstić information content (AvgIpc) is 3.48. The third-order valence-corrected chi connectivity index (χ3v) is 6.30. The van der Waals surface area contributed by atoms with E-state index in [2.05, 4.69) is 20.6 Å². The molecule has 0 atom stereocenters. The topological polar surface area (TPSA) is 102 Å². The summed E-state index contributed by atoms with van der Waals surface area (Å²) >= 11 is 6.76. The highest BCUT2D eigenvalue weighted by molar-refractivity contribution is 7.17. The second kappa shape index (κ2) is 9.70. The van der Waals surface area contributed by atoms with Gasteiger partial charge in [0.05, 0.1) is 31.7 Å². The number of rotatable bonds is 8. The van der Waals surface area contributed by atoms with Gasteiger partial charge in [0.25, 0.3) is 5.91 Å². The van der Waals surface area contributed by atoms with Crippen LogP contribution in [-0.4, -0.2) is 34.4 Å². The molecule has 8 nitrogen and oxygen atoms in total. The van der Waals surface area contributed by atoms with Gasteiger partial charge in [-0.2, -0.15) is 13.2 Å². The highest BCUT2D eigenvalue weighted by atomic mass is 35.5. The molecule has 184 valence electrons. The van der Waals surface area contributed by atoms with E-state index in [4.69, 9.17) is 21.1 Å². The first-order valence-electron chi connectivity index (χ1n) is 10.2. The lowest BCUT2D eigenvalue weighted by Crippen LogP contribution is -2.48. The molecule has 0 radical (unpaired) electrons. The maximum Gasteiger partial charge on any atom is 0.420 e. The van der Waals surface area contributed by atoms with Crippen molar-refractivity contribution in [1.82, 2.24) is 20.6 Å². The third-order valence-electron chi connectivity index (χ3n) is 5.19. The van der Waals surface area contributed by atoms with E-state index >= 15 is 0 Å². The Labute approximate surface area is 206 Å². The number of ether oxygens (including phenoxy) is 2. The van der Waals surface area contributed by atoms with Crippen molar-refractivity contribution >= 4 is 34.8 Å².